The lowest BCUT2D eigenvalue weighted by Gasteiger charge is -2.21. The molecule has 0 saturated carbocycles. The third-order valence-electron chi connectivity index (χ3n) is 4.50. The van der Waals surface area contributed by atoms with Crippen LogP contribution in [-0.2, 0) is 6.42 Å². The Hall–Kier alpha value is -3.14. The number of benzene rings is 3. The van der Waals surface area contributed by atoms with Crippen LogP contribution >= 0.6 is 0 Å². The number of guanidine groups is 1. The fourth-order valence-corrected chi connectivity index (χ4v) is 3.13. The van der Waals surface area contributed by atoms with E-state index in [4.69, 9.17) is 11.1 Å². The van der Waals surface area contributed by atoms with Gasteiger partial charge in [-0.1, -0.05) is 66.7 Å². The monoisotopic (exact) mass is 345 g/mol. The number of nitrogens with zero attached hydrogens (tertiary/aromatic N) is 1. The van der Waals surface area contributed by atoms with Crippen molar-refractivity contribution in [2.24, 2.45) is 5.73 Å². The van der Waals surface area contributed by atoms with Gasteiger partial charge in [0.25, 0.3) is 5.91 Å². The zero-order valence-electron chi connectivity index (χ0n) is 14.7. The van der Waals surface area contributed by atoms with Crippen molar-refractivity contribution < 1.29 is 4.79 Å². The molecule has 1 amide bonds. The summed E-state index contributed by atoms with van der Waals surface area (Å²) in [7, 11) is 0. The van der Waals surface area contributed by atoms with Gasteiger partial charge in [0.2, 0.25) is 0 Å². The molecule has 0 aromatic heterocycles. The van der Waals surface area contributed by atoms with Crippen LogP contribution in [0, 0.1) is 5.41 Å². The molecule has 0 aliphatic heterocycles. The molecule has 4 heteroatoms. The highest BCUT2D eigenvalue weighted by Crippen LogP contribution is 2.20. The summed E-state index contributed by atoms with van der Waals surface area (Å²) in [6.45, 7) is 0.449. The highest BCUT2D eigenvalue weighted by molar-refractivity contribution is 6.12. The first-order chi connectivity index (χ1) is 12.7. The van der Waals surface area contributed by atoms with Crippen molar-refractivity contribution in [2.75, 3.05) is 6.54 Å². The van der Waals surface area contributed by atoms with Gasteiger partial charge in [-0.25, -0.2) is 0 Å². The summed E-state index contributed by atoms with van der Waals surface area (Å²) in [5.41, 5.74) is 7.57. The third kappa shape index (κ3) is 4.09. The number of nitrogens with one attached hydrogen (secondary N) is 1. The molecule has 0 fully saturated rings. The SMILES string of the molecule is N=C(N)N(CCCCc1ccccc1)C(=O)c1cccc2ccccc12. The average Bonchev–Trinajstić information content (AvgIpc) is 2.67. The zero-order valence-corrected chi connectivity index (χ0v) is 14.7. The second-order valence-electron chi connectivity index (χ2n) is 6.31. The van der Waals surface area contributed by atoms with Crippen molar-refractivity contribution >= 4 is 22.6 Å². The van der Waals surface area contributed by atoms with E-state index in [2.05, 4.69) is 12.1 Å². The Morgan fingerprint density at radius 2 is 1.58 bits per heavy atom. The predicted octanol–water partition coefficient (Wildman–Crippen LogP) is 4.20. The van der Waals surface area contributed by atoms with Crippen molar-refractivity contribution in [2.45, 2.75) is 19.3 Å². The first-order valence-electron chi connectivity index (χ1n) is 8.84. The number of unbranched alkanes of at least 4 members (excludes halogenated alkanes) is 1. The number of amides is 1. The smallest absolute Gasteiger partial charge is 0.261 e. The highest BCUT2D eigenvalue weighted by Gasteiger charge is 2.19. The Balaban J connectivity index is 1.69. The quantitative estimate of drug-likeness (QED) is 0.399. The molecule has 0 aliphatic rings. The molecule has 26 heavy (non-hydrogen) atoms. The van der Waals surface area contributed by atoms with Crippen LogP contribution in [0.4, 0.5) is 0 Å². The van der Waals surface area contributed by atoms with Crippen LogP contribution in [0.3, 0.4) is 0 Å². The number of rotatable bonds is 6. The van der Waals surface area contributed by atoms with Crippen LogP contribution in [0.15, 0.2) is 72.8 Å². The van der Waals surface area contributed by atoms with Gasteiger partial charge in [-0.15, -0.1) is 0 Å². The maximum atomic E-state index is 13.0. The maximum absolute atomic E-state index is 13.0. The van der Waals surface area contributed by atoms with E-state index in [1.807, 2.05) is 54.6 Å². The zero-order chi connectivity index (χ0) is 18.4. The van der Waals surface area contributed by atoms with Crippen LogP contribution in [0.5, 0.6) is 0 Å². The third-order valence-corrected chi connectivity index (χ3v) is 4.50. The molecule has 132 valence electrons. The minimum absolute atomic E-state index is 0.206. The van der Waals surface area contributed by atoms with E-state index in [1.54, 1.807) is 6.07 Å². The van der Waals surface area contributed by atoms with Gasteiger partial charge in [-0.3, -0.25) is 15.1 Å². The topological polar surface area (TPSA) is 70.2 Å². The summed E-state index contributed by atoms with van der Waals surface area (Å²) < 4.78 is 0. The van der Waals surface area contributed by atoms with Gasteiger partial charge < -0.3 is 5.73 Å². The predicted molar refractivity (Wildman–Crippen MR) is 106 cm³/mol. The van der Waals surface area contributed by atoms with E-state index < -0.39 is 0 Å². The van der Waals surface area contributed by atoms with E-state index in [9.17, 15) is 4.79 Å². The number of carbonyl (C=O) groups is 1. The summed E-state index contributed by atoms with van der Waals surface area (Å²) in [6, 6.07) is 23.7. The number of fused-ring (bicyclic) bond motifs is 1. The van der Waals surface area contributed by atoms with Crippen molar-refractivity contribution in [1.82, 2.24) is 4.90 Å². The minimum atomic E-state index is -0.214. The molecule has 0 radical (unpaired) electrons. The average molecular weight is 345 g/mol. The lowest BCUT2D eigenvalue weighted by molar-refractivity contribution is 0.0845. The Morgan fingerprint density at radius 3 is 2.35 bits per heavy atom. The summed E-state index contributed by atoms with van der Waals surface area (Å²) in [5, 5.41) is 9.71. The first kappa shape index (κ1) is 17.7. The lowest BCUT2D eigenvalue weighted by Crippen LogP contribution is -2.42. The van der Waals surface area contributed by atoms with Gasteiger partial charge in [-0.2, -0.15) is 0 Å². The van der Waals surface area contributed by atoms with Crippen molar-refractivity contribution in [3.63, 3.8) is 0 Å². The van der Waals surface area contributed by atoms with Crippen molar-refractivity contribution in [3.05, 3.63) is 83.9 Å². The van der Waals surface area contributed by atoms with Gasteiger partial charge in [0.1, 0.15) is 0 Å². The number of carbonyl (C=O) groups excluding carboxylic acids is 1. The van der Waals surface area contributed by atoms with Crippen LogP contribution in [-0.4, -0.2) is 23.3 Å². The van der Waals surface area contributed by atoms with E-state index in [0.717, 1.165) is 30.0 Å². The second kappa shape index (κ2) is 8.30. The Morgan fingerprint density at radius 1 is 0.885 bits per heavy atom. The van der Waals surface area contributed by atoms with E-state index in [0.29, 0.717) is 12.1 Å². The Labute approximate surface area is 153 Å². The van der Waals surface area contributed by atoms with E-state index >= 15 is 0 Å². The standard InChI is InChI=1S/C22H23N3O/c23-22(24)25(16-7-6-11-17-9-2-1-3-10-17)21(26)20-15-8-13-18-12-4-5-14-19(18)20/h1-5,8-10,12-15H,6-7,11,16H2,(H3,23,24). The fourth-order valence-electron chi connectivity index (χ4n) is 3.13. The van der Waals surface area contributed by atoms with Crippen LogP contribution in [0.1, 0.15) is 28.8 Å². The molecular formula is C22H23N3O. The van der Waals surface area contributed by atoms with Gasteiger partial charge in [0.05, 0.1) is 0 Å². The van der Waals surface area contributed by atoms with Crippen molar-refractivity contribution in [3.8, 4) is 0 Å². The number of hydrogen-bond donors (Lipinski definition) is 2. The largest absolute Gasteiger partial charge is 0.370 e. The fraction of sp³-hybridized carbons (Fsp3) is 0.182. The Kier molecular flexibility index (Phi) is 5.64. The summed E-state index contributed by atoms with van der Waals surface area (Å²) in [6.07, 6.45) is 2.69. The number of nitrogens with two attached hydrogens (primary N) is 1. The van der Waals surface area contributed by atoms with Gasteiger partial charge in [-0.05, 0) is 41.7 Å². The van der Waals surface area contributed by atoms with Crippen LogP contribution in [0.2, 0.25) is 0 Å². The normalized spacial score (nSPS) is 10.6. The van der Waals surface area contributed by atoms with E-state index in [-0.39, 0.29) is 11.9 Å². The molecule has 3 aromatic rings. The minimum Gasteiger partial charge on any atom is -0.370 e. The molecule has 3 rings (SSSR count). The highest BCUT2D eigenvalue weighted by atomic mass is 16.2. The van der Waals surface area contributed by atoms with Gasteiger partial charge in [0, 0.05) is 12.1 Å². The summed E-state index contributed by atoms with van der Waals surface area (Å²) in [5.74, 6) is -0.420. The Bertz CT molecular complexity index is 900. The molecule has 4 nitrogen and oxygen atoms in total. The molecule has 0 bridgehead atoms. The number of aryl methyl sites for hydroxylation is 1. The van der Waals surface area contributed by atoms with Crippen molar-refractivity contribution in [1.29, 1.82) is 5.41 Å². The molecule has 0 heterocycles. The molecule has 0 atom stereocenters. The maximum Gasteiger partial charge on any atom is 0.261 e. The second-order valence-corrected chi connectivity index (χ2v) is 6.31. The lowest BCUT2D eigenvalue weighted by atomic mass is 10.0. The molecule has 3 N–H and O–H groups in total. The van der Waals surface area contributed by atoms with Crippen LogP contribution < -0.4 is 5.73 Å². The number of hydrogen-bond acceptors (Lipinski definition) is 2. The van der Waals surface area contributed by atoms with E-state index in [1.165, 1.54) is 10.5 Å². The van der Waals surface area contributed by atoms with Crippen LogP contribution in [0.25, 0.3) is 10.8 Å². The van der Waals surface area contributed by atoms with Gasteiger partial charge >= 0.3 is 0 Å². The molecule has 0 saturated heterocycles. The molecule has 0 aliphatic carbocycles. The first-order valence-corrected chi connectivity index (χ1v) is 8.84. The van der Waals surface area contributed by atoms with Gasteiger partial charge in [0.15, 0.2) is 5.96 Å². The molecule has 3 aromatic carbocycles. The molecule has 0 spiro atoms. The summed E-state index contributed by atoms with van der Waals surface area (Å²) >= 11 is 0. The molecule has 0 unspecified atom stereocenters. The summed E-state index contributed by atoms with van der Waals surface area (Å²) in [4.78, 5) is 14.3. The molecular weight excluding hydrogens is 322 g/mol.